The van der Waals surface area contributed by atoms with E-state index in [-0.39, 0.29) is 16.9 Å². The van der Waals surface area contributed by atoms with Gasteiger partial charge in [0.1, 0.15) is 18.0 Å². The number of amides is 1. The van der Waals surface area contributed by atoms with E-state index in [0.717, 1.165) is 0 Å². The number of carbonyl (C=O) groups is 1. The Hall–Kier alpha value is -2.61. The van der Waals surface area contributed by atoms with E-state index in [2.05, 4.69) is 4.98 Å². The third-order valence-electron chi connectivity index (χ3n) is 3.00. The van der Waals surface area contributed by atoms with E-state index in [1.807, 2.05) is 0 Å². The van der Waals surface area contributed by atoms with Crippen molar-refractivity contribution in [2.45, 2.75) is 6.54 Å². The lowest BCUT2D eigenvalue weighted by atomic mass is 10.1. The van der Waals surface area contributed by atoms with Crippen LogP contribution in [-0.2, 0) is 11.3 Å². The highest BCUT2D eigenvalue weighted by molar-refractivity contribution is 7.71. The van der Waals surface area contributed by atoms with Gasteiger partial charge in [-0.3, -0.25) is 14.6 Å². The molecule has 1 amide bonds. The number of rotatable bonds is 5. The van der Waals surface area contributed by atoms with Crippen molar-refractivity contribution in [1.29, 1.82) is 0 Å². The number of nitrogens with zero attached hydrogens (tertiary/aromatic N) is 1. The van der Waals surface area contributed by atoms with E-state index < -0.39 is 5.91 Å². The number of aromatic nitrogens is 2. The molecule has 3 N–H and O–H groups in total. The summed E-state index contributed by atoms with van der Waals surface area (Å²) in [5.41, 5.74) is 5.94. The molecule has 0 aliphatic heterocycles. The number of ether oxygens (including phenoxy) is 2. The van der Waals surface area contributed by atoms with Crippen molar-refractivity contribution in [3.63, 3.8) is 0 Å². The van der Waals surface area contributed by atoms with Crippen LogP contribution in [0.5, 0.6) is 11.5 Å². The number of hydrogen-bond donors (Lipinski definition) is 2. The Morgan fingerprint density at radius 3 is 2.32 bits per heavy atom. The summed E-state index contributed by atoms with van der Waals surface area (Å²) < 4.78 is 12.0. The zero-order valence-corrected chi connectivity index (χ0v) is 12.9. The minimum atomic E-state index is -0.570. The molecule has 0 unspecified atom stereocenters. The molecule has 116 valence electrons. The highest BCUT2D eigenvalue weighted by Crippen LogP contribution is 2.29. The van der Waals surface area contributed by atoms with Crippen LogP contribution in [0.2, 0.25) is 0 Å². The first-order valence-corrected chi connectivity index (χ1v) is 6.71. The van der Waals surface area contributed by atoms with E-state index >= 15 is 0 Å². The van der Waals surface area contributed by atoms with E-state index in [9.17, 15) is 9.59 Å². The van der Waals surface area contributed by atoms with Crippen LogP contribution < -0.4 is 20.8 Å². The third-order valence-corrected chi connectivity index (χ3v) is 3.32. The Kier molecular flexibility index (Phi) is 4.62. The van der Waals surface area contributed by atoms with Crippen LogP contribution in [0.1, 0.15) is 0 Å². The second kappa shape index (κ2) is 6.44. The van der Waals surface area contributed by atoms with E-state index in [1.165, 1.54) is 24.9 Å². The molecule has 22 heavy (non-hydrogen) atoms. The van der Waals surface area contributed by atoms with Gasteiger partial charge < -0.3 is 19.8 Å². The molecule has 8 heteroatoms. The smallest absolute Gasteiger partial charge is 0.252 e. The number of primary amides is 1. The molecule has 0 atom stereocenters. The number of nitrogens with one attached hydrogen (secondary N) is 1. The van der Waals surface area contributed by atoms with Crippen LogP contribution >= 0.6 is 12.2 Å². The molecule has 1 aromatic heterocycles. The molecule has 1 aromatic carbocycles. The first-order chi connectivity index (χ1) is 10.4. The Balaban J connectivity index is 2.73. The molecule has 7 nitrogen and oxygen atoms in total. The van der Waals surface area contributed by atoms with Gasteiger partial charge in [0.05, 0.1) is 19.9 Å². The molecule has 2 rings (SSSR count). The van der Waals surface area contributed by atoms with Crippen LogP contribution in [0.4, 0.5) is 0 Å². The standard InChI is InChI=1S/C14H15N3O4S/c1-20-9-3-8(4-10(5-9)21-2)11-6-13(19)16-14(22)17(11)7-12(15)18/h3-6H,7H2,1-2H3,(H2,15,18)(H,16,19,22). The van der Waals surface area contributed by atoms with E-state index in [0.29, 0.717) is 22.8 Å². The maximum absolute atomic E-state index is 11.7. The lowest BCUT2D eigenvalue weighted by molar-refractivity contribution is -0.118. The van der Waals surface area contributed by atoms with Crippen LogP contribution in [0, 0.1) is 4.77 Å². The van der Waals surface area contributed by atoms with Gasteiger partial charge in [-0.25, -0.2) is 0 Å². The van der Waals surface area contributed by atoms with Gasteiger partial charge in [0.2, 0.25) is 5.91 Å². The van der Waals surface area contributed by atoms with Crippen molar-refractivity contribution in [2.75, 3.05) is 14.2 Å². The second-order valence-electron chi connectivity index (χ2n) is 4.48. The van der Waals surface area contributed by atoms with E-state index in [1.54, 1.807) is 18.2 Å². The lowest BCUT2D eigenvalue weighted by Gasteiger charge is -2.14. The number of aromatic amines is 1. The van der Waals surface area contributed by atoms with Gasteiger partial charge in [-0.2, -0.15) is 0 Å². The Labute approximate surface area is 131 Å². The molecule has 0 saturated heterocycles. The molecule has 1 heterocycles. The van der Waals surface area contributed by atoms with Crippen molar-refractivity contribution in [2.24, 2.45) is 5.73 Å². The molecule has 0 bridgehead atoms. The number of nitrogens with two attached hydrogens (primary N) is 1. The topological polar surface area (TPSA) is 99.3 Å². The SMILES string of the molecule is COc1cc(OC)cc(-c2cc(=O)[nH]c(=S)n2CC(N)=O)c1. The Bertz CT molecular complexity index is 803. The number of methoxy groups -OCH3 is 2. The fourth-order valence-electron chi connectivity index (χ4n) is 2.03. The summed E-state index contributed by atoms with van der Waals surface area (Å²) in [6.45, 7) is -0.148. The van der Waals surface area contributed by atoms with Crippen LogP contribution in [0.15, 0.2) is 29.1 Å². The molecule has 0 aliphatic rings. The maximum atomic E-state index is 11.7. The zero-order valence-electron chi connectivity index (χ0n) is 12.1. The lowest BCUT2D eigenvalue weighted by Crippen LogP contribution is -2.23. The van der Waals surface area contributed by atoms with Gasteiger partial charge in [0.15, 0.2) is 4.77 Å². The monoisotopic (exact) mass is 321 g/mol. The minimum absolute atomic E-state index is 0.114. The number of H-pyrrole nitrogens is 1. The molecule has 0 saturated carbocycles. The van der Waals surface area contributed by atoms with Gasteiger partial charge in [0.25, 0.3) is 5.56 Å². The summed E-state index contributed by atoms with van der Waals surface area (Å²) in [5.74, 6) is 0.525. The van der Waals surface area contributed by atoms with Gasteiger partial charge in [-0.1, -0.05) is 0 Å². The predicted octanol–water partition coefficient (Wildman–Crippen LogP) is 1.08. The average molecular weight is 321 g/mol. The second-order valence-corrected chi connectivity index (χ2v) is 4.86. The molecule has 0 spiro atoms. The molecule has 0 aliphatic carbocycles. The van der Waals surface area contributed by atoms with Gasteiger partial charge in [-0.15, -0.1) is 0 Å². The summed E-state index contributed by atoms with van der Waals surface area (Å²) in [6.07, 6.45) is 0. The first kappa shape index (κ1) is 15.8. The summed E-state index contributed by atoms with van der Waals surface area (Å²) in [6, 6.07) is 6.46. The average Bonchev–Trinajstić information content (AvgIpc) is 2.48. The van der Waals surface area contributed by atoms with E-state index in [4.69, 9.17) is 27.4 Å². The largest absolute Gasteiger partial charge is 0.497 e. The van der Waals surface area contributed by atoms with Crippen molar-refractivity contribution >= 4 is 18.1 Å². The van der Waals surface area contributed by atoms with Crippen molar-refractivity contribution in [3.8, 4) is 22.8 Å². The van der Waals surface area contributed by atoms with Gasteiger partial charge in [0, 0.05) is 17.7 Å². The maximum Gasteiger partial charge on any atom is 0.252 e. The quantitative estimate of drug-likeness (QED) is 0.803. The molecule has 2 aromatic rings. The zero-order chi connectivity index (χ0) is 16.3. The summed E-state index contributed by atoms with van der Waals surface area (Å²) >= 11 is 5.11. The van der Waals surface area contributed by atoms with Crippen LogP contribution in [0.25, 0.3) is 11.3 Å². The predicted molar refractivity (Wildman–Crippen MR) is 83.6 cm³/mol. The normalized spacial score (nSPS) is 10.3. The highest BCUT2D eigenvalue weighted by atomic mass is 32.1. The fraction of sp³-hybridized carbons (Fsp3) is 0.214. The minimum Gasteiger partial charge on any atom is -0.497 e. The number of benzene rings is 1. The number of carbonyl (C=O) groups excluding carboxylic acids is 1. The van der Waals surface area contributed by atoms with Gasteiger partial charge >= 0.3 is 0 Å². The summed E-state index contributed by atoms with van der Waals surface area (Å²) in [5, 5.41) is 0. The molecular weight excluding hydrogens is 306 g/mol. The van der Waals surface area contributed by atoms with Crippen LogP contribution in [-0.4, -0.2) is 29.7 Å². The summed E-state index contributed by atoms with van der Waals surface area (Å²) in [7, 11) is 3.04. The molecular formula is C14H15N3O4S. The Morgan fingerprint density at radius 1 is 1.23 bits per heavy atom. The van der Waals surface area contributed by atoms with Crippen molar-refractivity contribution in [3.05, 3.63) is 39.4 Å². The van der Waals surface area contributed by atoms with Crippen LogP contribution in [0.3, 0.4) is 0 Å². The van der Waals surface area contributed by atoms with Crippen molar-refractivity contribution in [1.82, 2.24) is 9.55 Å². The fourth-order valence-corrected chi connectivity index (χ4v) is 2.29. The van der Waals surface area contributed by atoms with Gasteiger partial charge in [-0.05, 0) is 24.4 Å². The number of hydrogen-bond acceptors (Lipinski definition) is 5. The Morgan fingerprint density at radius 2 is 1.82 bits per heavy atom. The molecule has 0 fully saturated rings. The summed E-state index contributed by atoms with van der Waals surface area (Å²) in [4.78, 5) is 25.4. The third kappa shape index (κ3) is 3.34. The molecule has 0 radical (unpaired) electrons. The highest BCUT2D eigenvalue weighted by Gasteiger charge is 2.11. The first-order valence-electron chi connectivity index (χ1n) is 6.30. The van der Waals surface area contributed by atoms with Crippen molar-refractivity contribution < 1.29 is 14.3 Å².